The molecule has 0 amide bonds. The van der Waals surface area contributed by atoms with Gasteiger partial charge in [-0.15, -0.1) is 0 Å². The number of benzene rings is 3. The highest BCUT2D eigenvalue weighted by Crippen LogP contribution is 2.53. The number of carbonyl (C=O) groups excluding carboxylic acids is 1. The minimum atomic E-state index is -1.92. The van der Waals surface area contributed by atoms with Crippen LogP contribution in [0.4, 0.5) is 0 Å². The number of fused-ring (bicyclic) bond motifs is 2. The fourth-order valence-electron chi connectivity index (χ4n) is 5.28. The van der Waals surface area contributed by atoms with Crippen molar-refractivity contribution in [3.8, 4) is 23.0 Å². The quantitative estimate of drug-likeness (QED) is 0.281. The number of carbonyl (C=O) groups is 1. The summed E-state index contributed by atoms with van der Waals surface area (Å²) < 4.78 is 28.9. The molecule has 0 bridgehead atoms. The molecule has 1 N–H and O–H groups in total. The van der Waals surface area contributed by atoms with Crippen LogP contribution in [0.2, 0.25) is 0 Å². The van der Waals surface area contributed by atoms with Crippen LogP contribution in [-0.2, 0) is 21.7 Å². The van der Waals surface area contributed by atoms with Crippen LogP contribution in [0.25, 0.3) is 5.57 Å². The van der Waals surface area contributed by atoms with E-state index < -0.39 is 17.2 Å². The van der Waals surface area contributed by atoms with Crippen molar-refractivity contribution >= 4 is 11.5 Å². The smallest absolute Gasteiger partial charge is 0.338 e. The minimum Gasteiger partial charge on any atom is -0.497 e. The van der Waals surface area contributed by atoms with E-state index in [0.717, 1.165) is 5.56 Å². The van der Waals surface area contributed by atoms with Crippen molar-refractivity contribution in [2.45, 2.75) is 38.6 Å². The first kappa shape index (κ1) is 27.4. The van der Waals surface area contributed by atoms with E-state index in [0.29, 0.717) is 51.0 Å². The first-order chi connectivity index (χ1) is 20.2. The lowest BCUT2D eigenvalue weighted by molar-refractivity contribution is -0.151. The third-order valence-corrected chi connectivity index (χ3v) is 7.13. The van der Waals surface area contributed by atoms with Gasteiger partial charge in [-0.2, -0.15) is 0 Å². The standard InChI is InChI=1S/C34H31NO7/c1-33(2,3)42-32(36)30-29(24-14-13-23(38-4)18-27(24)39-19-21-9-6-5-7-10-21)31-25(11-8-16-35-31)34(30,37)22-12-15-26-28(17-22)41-20-40-26/h5-18,37H,19-20H2,1-4H3. The number of aliphatic hydroxyl groups is 1. The molecule has 6 rings (SSSR count). The summed E-state index contributed by atoms with van der Waals surface area (Å²) in [4.78, 5) is 18.8. The van der Waals surface area contributed by atoms with Gasteiger partial charge in [0.15, 0.2) is 17.1 Å². The van der Waals surface area contributed by atoms with E-state index in [1.807, 2.05) is 36.4 Å². The molecule has 42 heavy (non-hydrogen) atoms. The maximum Gasteiger partial charge on any atom is 0.338 e. The van der Waals surface area contributed by atoms with Crippen LogP contribution in [-0.4, -0.2) is 35.6 Å². The highest BCUT2D eigenvalue weighted by molar-refractivity contribution is 6.08. The van der Waals surface area contributed by atoms with E-state index in [9.17, 15) is 9.90 Å². The van der Waals surface area contributed by atoms with Crippen molar-refractivity contribution in [1.29, 1.82) is 0 Å². The average molecular weight is 566 g/mol. The summed E-state index contributed by atoms with van der Waals surface area (Å²) in [6, 6.07) is 23.7. The van der Waals surface area contributed by atoms with Crippen LogP contribution in [0.1, 0.15) is 48.7 Å². The Labute approximate surface area is 244 Å². The summed E-state index contributed by atoms with van der Waals surface area (Å²) in [5.74, 6) is 1.38. The van der Waals surface area contributed by atoms with Crippen LogP contribution >= 0.6 is 0 Å². The van der Waals surface area contributed by atoms with Gasteiger partial charge in [0, 0.05) is 29.0 Å². The fourth-order valence-corrected chi connectivity index (χ4v) is 5.28. The molecule has 2 heterocycles. The highest BCUT2D eigenvalue weighted by Gasteiger charge is 2.51. The predicted molar refractivity (Wildman–Crippen MR) is 155 cm³/mol. The molecule has 0 spiro atoms. The lowest BCUT2D eigenvalue weighted by Gasteiger charge is -2.30. The van der Waals surface area contributed by atoms with Crippen LogP contribution < -0.4 is 18.9 Å². The topological polar surface area (TPSA) is 96.3 Å². The lowest BCUT2D eigenvalue weighted by Crippen LogP contribution is -2.35. The molecular formula is C34H31NO7. The second-order valence-corrected chi connectivity index (χ2v) is 11.1. The second-order valence-electron chi connectivity index (χ2n) is 11.1. The summed E-state index contributed by atoms with van der Waals surface area (Å²) in [5, 5.41) is 12.7. The molecule has 1 aliphatic heterocycles. The van der Waals surface area contributed by atoms with Gasteiger partial charge in [0.25, 0.3) is 0 Å². The van der Waals surface area contributed by atoms with Crippen LogP contribution in [0, 0.1) is 0 Å². The second kappa shape index (κ2) is 10.5. The van der Waals surface area contributed by atoms with Gasteiger partial charge in [-0.3, -0.25) is 4.98 Å². The Kier molecular flexibility index (Phi) is 6.86. The van der Waals surface area contributed by atoms with Gasteiger partial charge in [-0.05, 0) is 62.2 Å². The monoisotopic (exact) mass is 565 g/mol. The van der Waals surface area contributed by atoms with Crippen molar-refractivity contribution in [2.24, 2.45) is 0 Å². The first-order valence-electron chi connectivity index (χ1n) is 13.6. The number of hydrogen-bond acceptors (Lipinski definition) is 8. The van der Waals surface area contributed by atoms with Gasteiger partial charge in [0.2, 0.25) is 6.79 Å². The van der Waals surface area contributed by atoms with Crippen molar-refractivity contribution in [3.63, 3.8) is 0 Å². The molecule has 2 aliphatic rings. The minimum absolute atomic E-state index is 0.0275. The zero-order chi connectivity index (χ0) is 29.5. The Balaban J connectivity index is 1.60. The largest absolute Gasteiger partial charge is 0.497 e. The number of esters is 1. The molecule has 214 valence electrons. The summed E-state index contributed by atoms with van der Waals surface area (Å²) in [5.41, 5.74) is 0.498. The number of aromatic nitrogens is 1. The summed E-state index contributed by atoms with van der Waals surface area (Å²) in [6.07, 6.45) is 1.63. The molecule has 8 nitrogen and oxygen atoms in total. The zero-order valence-electron chi connectivity index (χ0n) is 23.8. The van der Waals surface area contributed by atoms with Crippen molar-refractivity contribution in [3.05, 3.63) is 119 Å². The molecule has 0 saturated carbocycles. The molecule has 4 aromatic rings. The summed E-state index contributed by atoms with van der Waals surface area (Å²) in [7, 11) is 1.58. The number of pyridine rings is 1. The van der Waals surface area contributed by atoms with Gasteiger partial charge in [0.1, 0.15) is 23.7 Å². The van der Waals surface area contributed by atoms with E-state index in [2.05, 4.69) is 4.98 Å². The van der Waals surface area contributed by atoms with E-state index in [-0.39, 0.29) is 19.0 Å². The van der Waals surface area contributed by atoms with Crippen LogP contribution in [0.5, 0.6) is 23.0 Å². The van der Waals surface area contributed by atoms with Gasteiger partial charge < -0.3 is 28.8 Å². The average Bonchev–Trinajstić information content (AvgIpc) is 3.56. The van der Waals surface area contributed by atoms with E-state index in [1.54, 1.807) is 76.5 Å². The van der Waals surface area contributed by atoms with E-state index >= 15 is 0 Å². The van der Waals surface area contributed by atoms with Crippen molar-refractivity contribution < 1.29 is 33.6 Å². The van der Waals surface area contributed by atoms with Crippen molar-refractivity contribution in [2.75, 3.05) is 13.9 Å². The Morgan fingerprint density at radius 2 is 1.76 bits per heavy atom. The third-order valence-electron chi connectivity index (χ3n) is 7.13. The highest BCUT2D eigenvalue weighted by atomic mass is 16.7. The predicted octanol–water partition coefficient (Wildman–Crippen LogP) is 5.79. The lowest BCUT2D eigenvalue weighted by atomic mass is 9.83. The maximum atomic E-state index is 14.2. The Hall–Kier alpha value is -4.82. The molecule has 8 heteroatoms. The number of hydrogen-bond donors (Lipinski definition) is 1. The molecule has 0 saturated heterocycles. The molecule has 1 unspecified atom stereocenters. The molecule has 1 atom stereocenters. The van der Waals surface area contributed by atoms with Gasteiger partial charge in [0.05, 0.1) is 18.4 Å². The van der Waals surface area contributed by atoms with Crippen molar-refractivity contribution in [1.82, 2.24) is 4.98 Å². The molecule has 1 aromatic heterocycles. The molecular weight excluding hydrogens is 534 g/mol. The number of nitrogens with zero attached hydrogens (tertiary/aromatic N) is 1. The van der Waals surface area contributed by atoms with E-state index in [1.165, 1.54) is 0 Å². The summed E-state index contributed by atoms with van der Waals surface area (Å²) >= 11 is 0. The fraction of sp³-hybridized carbons (Fsp3) is 0.235. The Morgan fingerprint density at radius 3 is 2.52 bits per heavy atom. The number of ether oxygens (including phenoxy) is 5. The molecule has 0 radical (unpaired) electrons. The molecule has 0 fully saturated rings. The number of methoxy groups -OCH3 is 1. The molecule has 3 aromatic carbocycles. The SMILES string of the molecule is COc1ccc(C2=C(C(=O)OC(C)(C)C)C(O)(c3ccc4c(c3)OCO4)c3cccnc32)c(OCc2ccccc2)c1. The van der Waals surface area contributed by atoms with Gasteiger partial charge in [-0.1, -0.05) is 42.5 Å². The maximum absolute atomic E-state index is 14.2. The molecule has 1 aliphatic carbocycles. The normalized spacial score (nSPS) is 17.2. The van der Waals surface area contributed by atoms with Crippen LogP contribution in [0.15, 0.2) is 90.6 Å². The zero-order valence-corrected chi connectivity index (χ0v) is 23.8. The van der Waals surface area contributed by atoms with Crippen LogP contribution in [0.3, 0.4) is 0 Å². The Morgan fingerprint density at radius 1 is 0.976 bits per heavy atom. The van der Waals surface area contributed by atoms with Gasteiger partial charge >= 0.3 is 5.97 Å². The Bertz CT molecular complexity index is 1690. The third kappa shape index (κ3) is 4.84. The summed E-state index contributed by atoms with van der Waals surface area (Å²) in [6.45, 7) is 5.70. The van der Waals surface area contributed by atoms with Gasteiger partial charge in [-0.25, -0.2) is 4.79 Å². The van der Waals surface area contributed by atoms with E-state index in [4.69, 9.17) is 23.7 Å². The number of rotatable bonds is 7. The first-order valence-corrected chi connectivity index (χ1v) is 13.6.